The molecule has 1 aliphatic rings. The summed E-state index contributed by atoms with van der Waals surface area (Å²) in [5.41, 5.74) is 13.0. The second-order valence-electron chi connectivity index (χ2n) is 9.12. The average molecular weight is 527 g/mol. The number of carbonyl (C=O) groups excluding carboxylic acids is 1. The number of carbonyl (C=O) groups is 1. The Hall–Kier alpha value is -3.54. The SMILES string of the molecule is CCOCCOCCOc1ccc2cc(Nc3nc(N[C@@H]4CCCC[C@@H]4N)c(F)cc3C(N)=O)ccc2n1. The van der Waals surface area contributed by atoms with E-state index in [0.717, 1.165) is 42.7 Å². The van der Waals surface area contributed by atoms with E-state index in [2.05, 4.69) is 20.6 Å². The highest BCUT2D eigenvalue weighted by Crippen LogP contribution is 2.28. The molecule has 38 heavy (non-hydrogen) atoms. The third-order valence-corrected chi connectivity index (χ3v) is 6.36. The summed E-state index contributed by atoms with van der Waals surface area (Å²) in [6, 6.07) is 10.0. The highest BCUT2D eigenvalue weighted by atomic mass is 19.1. The largest absolute Gasteiger partial charge is 0.475 e. The van der Waals surface area contributed by atoms with Gasteiger partial charge in [-0.25, -0.2) is 14.4 Å². The lowest BCUT2D eigenvalue weighted by molar-refractivity contribution is 0.0399. The first-order valence-electron chi connectivity index (χ1n) is 12.9. The molecule has 3 aromatic rings. The Balaban J connectivity index is 1.45. The Bertz CT molecular complexity index is 1240. The molecule has 1 amide bonds. The van der Waals surface area contributed by atoms with Crippen molar-refractivity contribution >= 4 is 34.1 Å². The van der Waals surface area contributed by atoms with E-state index < -0.39 is 11.7 Å². The maximum Gasteiger partial charge on any atom is 0.252 e. The molecule has 0 aliphatic heterocycles. The standard InChI is InChI=1S/C27H35FN6O4/c1-2-36-11-12-37-13-14-38-24-10-7-17-15-18(8-9-22(17)32-24)31-26-19(25(30)35)16-20(28)27(34-26)33-23-6-4-3-5-21(23)29/h7-10,15-16,21,23H,2-6,11-14,29H2,1H3,(H2,30,35)(H2,31,33,34)/t21-,23+/m0/s1. The van der Waals surface area contributed by atoms with Crippen molar-refractivity contribution in [2.75, 3.05) is 43.7 Å². The van der Waals surface area contributed by atoms with Gasteiger partial charge in [0.15, 0.2) is 11.6 Å². The van der Waals surface area contributed by atoms with Crippen LogP contribution >= 0.6 is 0 Å². The van der Waals surface area contributed by atoms with Gasteiger partial charge in [0.2, 0.25) is 5.88 Å². The van der Waals surface area contributed by atoms with Crippen LogP contribution in [0.25, 0.3) is 10.9 Å². The van der Waals surface area contributed by atoms with Crippen molar-refractivity contribution in [3.63, 3.8) is 0 Å². The van der Waals surface area contributed by atoms with Crippen LogP contribution in [0.2, 0.25) is 0 Å². The topological polar surface area (TPSA) is 147 Å². The van der Waals surface area contributed by atoms with E-state index in [0.29, 0.717) is 44.6 Å². The fourth-order valence-electron chi connectivity index (χ4n) is 4.36. The number of rotatable bonds is 13. The van der Waals surface area contributed by atoms with Crippen LogP contribution in [-0.2, 0) is 9.47 Å². The van der Waals surface area contributed by atoms with E-state index in [1.807, 2.05) is 25.1 Å². The number of hydrogen-bond donors (Lipinski definition) is 4. The van der Waals surface area contributed by atoms with Gasteiger partial charge in [0.25, 0.3) is 5.91 Å². The lowest BCUT2D eigenvalue weighted by atomic mass is 9.91. The molecular formula is C27H35FN6O4. The van der Waals surface area contributed by atoms with E-state index in [-0.39, 0.29) is 29.3 Å². The molecule has 4 rings (SSSR count). The molecule has 2 aromatic heterocycles. The minimum atomic E-state index is -0.786. The van der Waals surface area contributed by atoms with E-state index in [1.165, 1.54) is 0 Å². The molecule has 0 radical (unpaired) electrons. The Morgan fingerprint density at radius 3 is 2.61 bits per heavy atom. The predicted molar refractivity (Wildman–Crippen MR) is 144 cm³/mol. The van der Waals surface area contributed by atoms with E-state index in [4.69, 9.17) is 25.7 Å². The minimum Gasteiger partial charge on any atom is -0.475 e. The van der Waals surface area contributed by atoms with Crippen LogP contribution in [0.4, 0.5) is 21.7 Å². The summed E-state index contributed by atoms with van der Waals surface area (Å²) in [6.07, 6.45) is 3.75. The van der Waals surface area contributed by atoms with Gasteiger partial charge in [-0.2, -0.15) is 0 Å². The quantitative estimate of drug-likeness (QED) is 0.245. The maximum atomic E-state index is 14.8. The minimum absolute atomic E-state index is 0.0333. The fraction of sp³-hybridized carbons (Fsp3) is 0.444. The first kappa shape index (κ1) is 27.5. The van der Waals surface area contributed by atoms with Crippen molar-refractivity contribution < 1.29 is 23.4 Å². The average Bonchev–Trinajstić information content (AvgIpc) is 2.91. The molecule has 6 N–H and O–H groups in total. The van der Waals surface area contributed by atoms with Gasteiger partial charge >= 0.3 is 0 Å². The summed E-state index contributed by atoms with van der Waals surface area (Å²) in [4.78, 5) is 20.9. The number of halogens is 1. The number of amides is 1. The Morgan fingerprint density at radius 1 is 1.03 bits per heavy atom. The number of primary amides is 1. The van der Waals surface area contributed by atoms with Gasteiger partial charge < -0.3 is 36.3 Å². The van der Waals surface area contributed by atoms with Gasteiger partial charge in [0.1, 0.15) is 12.4 Å². The van der Waals surface area contributed by atoms with Crippen LogP contribution in [0, 0.1) is 5.82 Å². The van der Waals surface area contributed by atoms with E-state index >= 15 is 0 Å². The van der Waals surface area contributed by atoms with E-state index in [9.17, 15) is 9.18 Å². The van der Waals surface area contributed by atoms with Gasteiger partial charge in [-0.05, 0) is 50.1 Å². The summed E-state index contributed by atoms with van der Waals surface area (Å²) in [5.74, 6) is -0.768. The monoisotopic (exact) mass is 526 g/mol. The molecule has 2 heterocycles. The molecule has 0 saturated heterocycles. The second-order valence-corrected chi connectivity index (χ2v) is 9.12. The summed E-state index contributed by atoms with van der Waals surface area (Å²) < 4.78 is 31.2. The molecule has 1 aromatic carbocycles. The zero-order valence-corrected chi connectivity index (χ0v) is 21.5. The van der Waals surface area contributed by atoms with Crippen LogP contribution in [-0.4, -0.2) is 61.0 Å². The summed E-state index contributed by atoms with van der Waals surface area (Å²) in [6.45, 7) is 4.49. The summed E-state index contributed by atoms with van der Waals surface area (Å²) in [5, 5.41) is 7.06. The molecule has 2 atom stereocenters. The zero-order chi connectivity index (χ0) is 26.9. The normalized spacial score (nSPS) is 17.3. The first-order valence-corrected chi connectivity index (χ1v) is 12.9. The molecule has 1 aliphatic carbocycles. The molecule has 11 heteroatoms. The maximum absolute atomic E-state index is 14.8. The molecule has 0 unspecified atom stereocenters. The van der Waals surface area contributed by atoms with Gasteiger partial charge in [0.05, 0.1) is 30.9 Å². The lowest BCUT2D eigenvalue weighted by Gasteiger charge is -2.30. The van der Waals surface area contributed by atoms with E-state index in [1.54, 1.807) is 12.1 Å². The number of aromatic nitrogens is 2. The Morgan fingerprint density at radius 2 is 1.82 bits per heavy atom. The van der Waals surface area contributed by atoms with Crippen molar-refractivity contribution in [3.8, 4) is 5.88 Å². The number of pyridine rings is 2. The number of nitrogens with zero attached hydrogens (tertiary/aromatic N) is 2. The zero-order valence-electron chi connectivity index (χ0n) is 21.5. The van der Waals surface area contributed by atoms with Crippen molar-refractivity contribution in [3.05, 3.63) is 47.8 Å². The molecule has 1 fully saturated rings. The first-order chi connectivity index (χ1) is 18.4. The predicted octanol–water partition coefficient (Wildman–Crippen LogP) is 3.73. The smallest absolute Gasteiger partial charge is 0.252 e. The molecule has 10 nitrogen and oxygen atoms in total. The van der Waals surface area contributed by atoms with Gasteiger partial charge in [-0.1, -0.05) is 12.8 Å². The number of benzene rings is 1. The molecule has 0 spiro atoms. The molecular weight excluding hydrogens is 491 g/mol. The third-order valence-electron chi connectivity index (χ3n) is 6.36. The van der Waals surface area contributed by atoms with Crippen molar-refractivity contribution in [1.29, 1.82) is 0 Å². The highest BCUT2D eigenvalue weighted by molar-refractivity contribution is 5.99. The highest BCUT2D eigenvalue weighted by Gasteiger charge is 2.24. The van der Waals surface area contributed by atoms with Crippen molar-refractivity contribution in [1.82, 2.24) is 9.97 Å². The fourth-order valence-corrected chi connectivity index (χ4v) is 4.36. The summed E-state index contributed by atoms with van der Waals surface area (Å²) >= 11 is 0. The number of fused-ring (bicyclic) bond motifs is 1. The Labute approximate surface area is 221 Å². The van der Waals surface area contributed by atoms with Crippen LogP contribution in [0.15, 0.2) is 36.4 Å². The number of ether oxygens (including phenoxy) is 3. The second kappa shape index (κ2) is 13.3. The van der Waals surface area contributed by atoms with Crippen molar-refractivity contribution in [2.45, 2.75) is 44.7 Å². The number of nitrogens with two attached hydrogens (primary N) is 2. The van der Waals surface area contributed by atoms with Crippen molar-refractivity contribution in [2.24, 2.45) is 11.5 Å². The summed E-state index contributed by atoms with van der Waals surface area (Å²) in [7, 11) is 0. The third kappa shape index (κ3) is 7.27. The molecule has 1 saturated carbocycles. The molecule has 0 bridgehead atoms. The number of anilines is 3. The lowest BCUT2D eigenvalue weighted by Crippen LogP contribution is -2.43. The van der Waals surface area contributed by atoms with Crippen LogP contribution in [0.5, 0.6) is 5.88 Å². The molecule has 204 valence electrons. The van der Waals surface area contributed by atoms with Gasteiger partial charge in [0, 0.05) is 35.8 Å². The van der Waals surface area contributed by atoms with Crippen LogP contribution in [0.3, 0.4) is 0 Å². The number of hydrogen-bond acceptors (Lipinski definition) is 9. The Kier molecular flexibility index (Phi) is 9.63. The van der Waals surface area contributed by atoms with Crippen LogP contribution in [0.1, 0.15) is 43.0 Å². The van der Waals surface area contributed by atoms with Crippen LogP contribution < -0.4 is 26.8 Å². The number of nitrogens with one attached hydrogen (secondary N) is 2. The van der Waals surface area contributed by atoms with Gasteiger partial charge in [-0.3, -0.25) is 4.79 Å². The van der Waals surface area contributed by atoms with Gasteiger partial charge in [-0.15, -0.1) is 0 Å².